The van der Waals surface area contributed by atoms with Gasteiger partial charge in [0.15, 0.2) is 5.58 Å². The minimum absolute atomic E-state index is 0.136. The molecule has 0 saturated carbocycles. The molecule has 1 N–H and O–H groups in total. The second-order valence-corrected chi connectivity index (χ2v) is 2.50. The van der Waals surface area contributed by atoms with Crippen LogP contribution in [0.25, 0.3) is 11.0 Å². The summed E-state index contributed by atoms with van der Waals surface area (Å²) in [6, 6.07) is 2.16. The standard InChI is InChI=1S/C8H4FNO3/c9-6-1-4(8(11)12)2-7-5(6)3-10-13-7/h1-3H,(H,11,12). The molecule has 0 unspecified atom stereocenters. The van der Waals surface area contributed by atoms with Crippen LogP contribution in [0.15, 0.2) is 22.9 Å². The van der Waals surface area contributed by atoms with Crippen LogP contribution in [0, 0.1) is 5.82 Å². The fraction of sp³-hybridized carbons (Fsp3) is 0. The quantitative estimate of drug-likeness (QED) is 0.726. The summed E-state index contributed by atoms with van der Waals surface area (Å²) < 4.78 is 17.7. The van der Waals surface area contributed by atoms with Gasteiger partial charge in [0, 0.05) is 0 Å². The highest BCUT2D eigenvalue weighted by molar-refractivity contribution is 5.92. The van der Waals surface area contributed by atoms with Crippen LogP contribution in [0.1, 0.15) is 10.4 Å². The zero-order valence-corrected chi connectivity index (χ0v) is 6.32. The third-order valence-corrected chi connectivity index (χ3v) is 1.67. The van der Waals surface area contributed by atoms with E-state index in [1.165, 1.54) is 12.3 Å². The lowest BCUT2D eigenvalue weighted by molar-refractivity contribution is 0.0696. The molecule has 5 heteroatoms. The number of carboxylic acids is 1. The minimum atomic E-state index is -1.20. The number of carbonyl (C=O) groups is 1. The third kappa shape index (κ3) is 1.14. The lowest BCUT2D eigenvalue weighted by atomic mass is 10.2. The molecule has 13 heavy (non-hydrogen) atoms. The van der Waals surface area contributed by atoms with Gasteiger partial charge in [-0.15, -0.1) is 0 Å². The number of halogens is 1. The highest BCUT2D eigenvalue weighted by Crippen LogP contribution is 2.19. The molecule has 1 aromatic heterocycles. The highest BCUT2D eigenvalue weighted by Gasteiger charge is 2.11. The molecular weight excluding hydrogens is 177 g/mol. The number of benzene rings is 1. The van der Waals surface area contributed by atoms with E-state index in [1.54, 1.807) is 0 Å². The molecular formula is C8H4FNO3. The van der Waals surface area contributed by atoms with E-state index >= 15 is 0 Å². The summed E-state index contributed by atoms with van der Waals surface area (Å²) in [5, 5.41) is 12.1. The van der Waals surface area contributed by atoms with Gasteiger partial charge < -0.3 is 9.63 Å². The maximum absolute atomic E-state index is 13.1. The molecule has 0 aliphatic carbocycles. The van der Waals surface area contributed by atoms with Crippen LogP contribution in [0.3, 0.4) is 0 Å². The monoisotopic (exact) mass is 181 g/mol. The van der Waals surface area contributed by atoms with Crippen molar-refractivity contribution < 1.29 is 18.8 Å². The number of fused-ring (bicyclic) bond motifs is 1. The van der Waals surface area contributed by atoms with Gasteiger partial charge in [-0.3, -0.25) is 0 Å². The fourth-order valence-corrected chi connectivity index (χ4v) is 1.05. The average Bonchev–Trinajstić information content (AvgIpc) is 2.51. The first-order chi connectivity index (χ1) is 6.18. The molecule has 0 spiro atoms. The van der Waals surface area contributed by atoms with Crippen LogP contribution < -0.4 is 0 Å². The molecule has 2 rings (SSSR count). The summed E-state index contributed by atoms with van der Waals surface area (Å²) in [7, 11) is 0. The summed E-state index contributed by atoms with van der Waals surface area (Å²) in [6.45, 7) is 0. The van der Waals surface area contributed by atoms with Crippen LogP contribution in [0.2, 0.25) is 0 Å². The lowest BCUT2D eigenvalue weighted by Gasteiger charge is -1.94. The van der Waals surface area contributed by atoms with Gasteiger partial charge in [0.2, 0.25) is 0 Å². The minimum Gasteiger partial charge on any atom is -0.478 e. The second-order valence-electron chi connectivity index (χ2n) is 2.50. The van der Waals surface area contributed by atoms with Crippen LogP contribution in [-0.2, 0) is 0 Å². The van der Waals surface area contributed by atoms with E-state index in [1.807, 2.05) is 0 Å². The van der Waals surface area contributed by atoms with Crippen LogP contribution >= 0.6 is 0 Å². The molecule has 0 saturated heterocycles. The smallest absolute Gasteiger partial charge is 0.335 e. The Balaban J connectivity index is 2.77. The van der Waals surface area contributed by atoms with Crippen molar-refractivity contribution in [1.82, 2.24) is 5.16 Å². The van der Waals surface area contributed by atoms with Gasteiger partial charge in [0.1, 0.15) is 5.82 Å². The predicted octanol–water partition coefficient (Wildman–Crippen LogP) is 1.67. The van der Waals surface area contributed by atoms with Crippen molar-refractivity contribution in [3.05, 3.63) is 29.7 Å². The van der Waals surface area contributed by atoms with Gasteiger partial charge in [-0.2, -0.15) is 0 Å². The van der Waals surface area contributed by atoms with Crippen molar-refractivity contribution in [2.75, 3.05) is 0 Å². The first-order valence-corrected chi connectivity index (χ1v) is 3.45. The Labute approximate surface area is 71.6 Å². The Bertz CT molecular complexity index is 477. The number of aromatic carboxylic acids is 1. The van der Waals surface area contributed by atoms with Crippen LogP contribution in [0.5, 0.6) is 0 Å². The number of hydrogen-bond acceptors (Lipinski definition) is 3. The van der Waals surface area contributed by atoms with Crippen molar-refractivity contribution in [3.8, 4) is 0 Å². The van der Waals surface area contributed by atoms with E-state index in [4.69, 9.17) is 5.11 Å². The van der Waals surface area contributed by atoms with E-state index in [-0.39, 0.29) is 16.5 Å². The number of carboxylic acid groups (broad SMARTS) is 1. The fourth-order valence-electron chi connectivity index (χ4n) is 1.05. The van der Waals surface area contributed by atoms with Crippen molar-refractivity contribution in [3.63, 3.8) is 0 Å². The van der Waals surface area contributed by atoms with Crippen molar-refractivity contribution >= 4 is 16.9 Å². The molecule has 4 nitrogen and oxygen atoms in total. The molecule has 0 atom stereocenters. The highest BCUT2D eigenvalue weighted by atomic mass is 19.1. The first kappa shape index (κ1) is 7.72. The van der Waals surface area contributed by atoms with E-state index in [2.05, 4.69) is 9.68 Å². The first-order valence-electron chi connectivity index (χ1n) is 3.45. The van der Waals surface area contributed by atoms with Crippen molar-refractivity contribution in [2.24, 2.45) is 0 Å². The van der Waals surface area contributed by atoms with Crippen molar-refractivity contribution in [1.29, 1.82) is 0 Å². The van der Waals surface area contributed by atoms with E-state index in [0.29, 0.717) is 0 Å². The van der Waals surface area contributed by atoms with E-state index in [9.17, 15) is 9.18 Å². The van der Waals surface area contributed by atoms with Gasteiger partial charge in [0.05, 0.1) is 17.1 Å². The summed E-state index contributed by atoms with van der Waals surface area (Å²) >= 11 is 0. The molecule has 1 heterocycles. The molecule has 2 aromatic rings. The van der Waals surface area contributed by atoms with Crippen LogP contribution in [-0.4, -0.2) is 16.2 Å². The Kier molecular flexibility index (Phi) is 1.51. The zero-order valence-electron chi connectivity index (χ0n) is 6.32. The largest absolute Gasteiger partial charge is 0.478 e. The Hall–Kier alpha value is -1.91. The van der Waals surface area contributed by atoms with Gasteiger partial charge in [0.25, 0.3) is 0 Å². The molecule has 0 aliphatic heterocycles. The number of nitrogens with zero attached hydrogens (tertiary/aromatic N) is 1. The maximum atomic E-state index is 13.1. The molecule has 1 aromatic carbocycles. The van der Waals surface area contributed by atoms with Crippen LogP contribution in [0.4, 0.5) is 4.39 Å². The summed E-state index contributed by atoms with van der Waals surface area (Å²) in [5.41, 5.74) is -0.0147. The molecule has 0 radical (unpaired) electrons. The SMILES string of the molecule is O=C(O)c1cc(F)c2cnoc2c1. The Morgan fingerprint density at radius 3 is 3.00 bits per heavy atom. The van der Waals surface area contributed by atoms with Gasteiger partial charge in [-0.05, 0) is 12.1 Å². The number of hydrogen-bond donors (Lipinski definition) is 1. The maximum Gasteiger partial charge on any atom is 0.335 e. The lowest BCUT2D eigenvalue weighted by Crippen LogP contribution is -1.96. The van der Waals surface area contributed by atoms with E-state index in [0.717, 1.165) is 6.07 Å². The van der Waals surface area contributed by atoms with E-state index < -0.39 is 11.8 Å². The van der Waals surface area contributed by atoms with Gasteiger partial charge in [-0.25, -0.2) is 9.18 Å². The van der Waals surface area contributed by atoms with Gasteiger partial charge in [-0.1, -0.05) is 5.16 Å². The average molecular weight is 181 g/mol. The number of aromatic nitrogens is 1. The summed E-state index contributed by atoms with van der Waals surface area (Å²) in [4.78, 5) is 10.5. The Morgan fingerprint density at radius 1 is 1.54 bits per heavy atom. The molecule has 0 amide bonds. The second kappa shape index (κ2) is 2.55. The summed E-state index contributed by atoms with van der Waals surface area (Å²) in [6.07, 6.45) is 1.20. The van der Waals surface area contributed by atoms with Crippen molar-refractivity contribution in [2.45, 2.75) is 0 Å². The predicted molar refractivity (Wildman–Crippen MR) is 40.9 cm³/mol. The molecule has 0 bridgehead atoms. The summed E-state index contributed by atoms with van der Waals surface area (Å²) in [5.74, 6) is -1.84. The topological polar surface area (TPSA) is 63.3 Å². The molecule has 0 aliphatic rings. The molecule has 0 fully saturated rings. The third-order valence-electron chi connectivity index (χ3n) is 1.67. The zero-order chi connectivity index (χ0) is 9.42. The van der Waals surface area contributed by atoms with Gasteiger partial charge >= 0.3 is 5.97 Å². The molecule has 66 valence electrons. The normalized spacial score (nSPS) is 10.5. The Morgan fingerprint density at radius 2 is 2.31 bits per heavy atom. The number of rotatable bonds is 1.